The van der Waals surface area contributed by atoms with Gasteiger partial charge in [-0.3, -0.25) is 4.79 Å². The van der Waals surface area contributed by atoms with Crippen LogP contribution in [0.1, 0.15) is 24.3 Å². The van der Waals surface area contributed by atoms with Crippen LogP contribution in [-0.4, -0.2) is 12.9 Å². The van der Waals surface area contributed by atoms with Crippen LogP contribution in [0.3, 0.4) is 0 Å². The second-order valence-corrected chi connectivity index (χ2v) is 4.36. The van der Waals surface area contributed by atoms with Crippen molar-refractivity contribution in [3.8, 4) is 5.75 Å². The topological polar surface area (TPSA) is 26.3 Å². The lowest BCUT2D eigenvalue weighted by atomic mass is 9.78. The Morgan fingerprint density at radius 1 is 1.50 bits per heavy atom. The molecule has 0 radical (unpaired) electrons. The molecule has 1 aromatic carbocycles. The highest BCUT2D eigenvalue weighted by atomic mass is 79.9. The highest BCUT2D eigenvalue weighted by Crippen LogP contribution is 2.39. The molecule has 0 bridgehead atoms. The first-order valence-electron chi connectivity index (χ1n) is 4.58. The van der Waals surface area contributed by atoms with E-state index in [1.54, 1.807) is 7.11 Å². The molecule has 1 atom stereocenters. The maximum atomic E-state index is 11.3. The second-order valence-electron chi connectivity index (χ2n) is 3.44. The van der Waals surface area contributed by atoms with Gasteiger partial charge in [0.05, 0.1) is 7.11 Å². The van der Waals surface area contributed by atoms with Crippen molar-refractivity contribution in [2.45, 2.75) is 18.8 Å². The summed E-state index contributed by atoms with van der Waals surface area (Å²) in [6.45, 7) is 0. The number of hydrogen-bond donors (Lipinski definition) is 0. The van der Waals surface area contributed by atoms with Crippen molar-refractivity contribution in [2.24, 2.45) is 0 Å². The highest BCUT2D eigenvalue weighted by Gasteiger charge is 2.31. The summed E-state index contributed by atoms with van der Waals surface area (Å²) in [6, 6.07) is 5.79. The van der Waals surface area contributed by atoms with Crippen molar-refractivity contribution in [1.29, 1.82) is 0 Å². The van der Waals surface area contributed by atoms with Gasteiger partial charge in [0.1, 0.15) is 11.5 Å². The molecule has 1 aromatic rings. The zero-order valence-corrected chi connectivity index (χ0v) is 9.50. The minimum atomic E-state index is 0.0578. The molecular formula is C11H11BrO2. The molecule has 0 saturated heterocycles. The lowest BCUT2D eigenvalue weighted by Gasteiger charge is -2.25. The molecule has 0 spiro atoms. The first kappa shape index (κ1) is 9.71. The molecule has 14 heavy (non-hydrogen) atoms. The zero-order valence-electron chi connectivity index (χ0n) is 7.92. The number of benzene rings is 1. The maximum absolute atomic E-state index is 11.3. The molecule has 0 heterocycles. The number of rotatable bonds is 2. The molecule has 74 valence electrons. The average molecular weight is 255 g/mol. The van der Waals surface area contributed by atoms with E-state index in [9.17, 15) is 4.79 Å². The number of carbonyl (C=O) groups is 1. The molecule has 2 nitrogen and oxygen atoms in total. The number of hydrogen-bond acceptors (Lipinski definition) is 2. The summed E-state index contributed by atoms with van der Waals surface area (Å²) in [5.74, 6) is 1.19. The van der Waals surface area contributed by atoms with Crippen LogP contribution in [-0.2, 0) is 4.79 Å². The van der Waals surface area contributed by atoms with E-state index < -0.39 is 0 Å². The Bertz CT molecular complexity index is 374. The Morgan fingerprint density at radius 3 is 2.79 bits per heavy atom. The Morgan fingerprint density at radius 2 is 2.29 bits per heavy atom. The summed E-state index contributed by atoms with van der Waals surface area (Å²) >= 11 is 3.40. The molecule has 0 amide bonds. The SMILES string of the molecule is COc1ccc(Br)cc1[C@@H]1CCC1=O. The summed E-state index contributed by atoms with van der Waals surface area (Å²) < 4.78 is 6.23. The van der Waals surface area contributed by atoms with Gasteiger partial charge >= 0.3 is 0 Å². The third-order valence-electron chi connectivity index (χ3n) is 2.64. The Kier molecular flexibility index (Phi) is 2.59. The number of methoxy groups -OCH3 is 1. The van der Waals surface area contributed by atoms with E-state index in [0.29, 0.717) is 12.2 Å². The van der Waals surface area contributed by atoms with Crippen LogP contribution in [0.2, 0.25) is 0 Å². The monoisotopic (exact) mass is 254 g/mol. The van der Waals surface area contributed by atoms with Gasteiger partial charge in [0, 0.05) is 22.4 Å². The first-order chi connectivity index (χ1) is 6.72. The third kappa shape index (κ3) is 1.57. The minimum Gasteiger partial charge on any atom is -0.496 e. The fourth-order valence-electron chi connectivity index (χ4n) is 1.71. The van der Waals surface area contributed by atoms with Crippen molar-refractivity contribution in [2.75, 3.05) is 7.11 Å². The van der Waals surface area contributed by atoms with Gasteiger partial charge in [0.25, 0.3) is 0 Å². The lowest BCUT2D eigenvalue weighted by molar-refractivity contribution is -0.125. The Labute approximate surface area is 91.4 Å². The van der Waals surface area contributed by atoms with Gasteiger partial charge in [-0.15, -0.1) is 0 Å². The summed E-state index contributed by atoms with van der Waals surface area (Å²) in [4.78, 5) is 11.3. The molecule has 0 aromatic heterocycles. The van der Waals surface area contributed by atoms with E-state index in [4.69, 9.17) is 4.74 Å². The van der Waals surface area contributed by atoms with Gasteiger partial charge in [0.2, 0.25) is 0 Å². The number of halogens is 1. The molecule has 0 unspecified atom stereocenters. The number of ketones is 1. The van der Waals surface area contributed by atoms with Gasteiger partial charge in [-0.1, -0.05) is 15.9 Å². The fraction of sp³-hybridized carbons (Fsp3) is 0.364. The smallest absolute Gasteiger partial charge is 0.140 e. The minimum absolute atomic E-state index is 0.0578. The van der Waals surface area contributed by atoms with Gasteiger partial charge in [-0.05, 0) is 24.6 Å². The molecule has 1 aliphatic carbocycles. The summed E-state index contributed by atoms with van der Waals surface area (Å²) in [6.07, 6.45) is 1.66. The Hall–Kier alpha value is -0.830. The molecule has 2 rings (SSSR count). The second kappa shape index (κ2) is 3.73. The largest absolute Gasteiger partial charge is 0.496 e. The molecule has 0 N–H and O–H groups in total. The quantitative estimate of drug-likeness (QED) is 0.812. The first-order valence-corrected chi connectivity index (χ1v) is 5.38. The van der Waals surface area contributed by atoms with Crippen LogP contribution in [0.25, 0.3) is 0 Å². The van der Waals surface area contributed by atoms with Gasteiger partial charge in [-0.2, -0.15) is 0 Å². The van der Waals surface area contributed by atoms with Crippen molar-refractivity contribution in [1.82, 2.24) is 0 Å². The normalized spacial score (nSPS) is 20.4. The maximum Gasteiger partial charge on any atom is 0.140 e. The fourth-order valence-corrected chi connectivity index (χ4v) is 2.09. The van der Waals surface area contributed by atoms with Crippen LogP contribution in [0.4, 0.5) is 0 Å². The van der Waals surface area contributed by atoms with E-state index in [-0.39, 0.29) is 5.92 Å². The van der Waals surface area contributed by atoms with E-state index in [1.807, 2.05) is 18.2 Å². The van der Waals surface area contributed by atoms with Crippen molar-refractivity contribution in [3.05, 3.63) is 28.2 Å². The van der Waals surface area contributed by atoms with Crippen molar-refractivity contribution in [3.63, 3.8) is 0 Å². The molecular weight excluding hydrogens is 244 g/mol. The third-order valence-corrected chi connectivity index (χ3v) is 3.13. The van der Waals surface area contributed by atoms with Crippen LogP contribution in [0.5, 0.6) is 5.75 Å². The van der Waals surface area contributed by atoms with Crippen LogP contribution in [0.15, 0.2) is 22.7 Å². The highest BCUT2D eigenvalue weighted by molar-refractivity contribution is 9.10. The molecule has 0 aliphatic heterocycles. The number of ether oxygens (including phenoxy) is 1. The summed E-state index contributed by atoms with van der Waals surface area (Å²) in [5.41, 5.74) is 1.01. The van der Waals surface area contributed by atoms with Gasteiger partial charge < -0.3 is 4.74 Å². The van der Waals surface area contributed by atoms with Gasteiger partial charge in [-0.25, -0.2) is 0 Å². The summed E-state index contributed by atoms with van der Waals surface area (Å²) in [7, 11) is 1.63. The molecule has 1 fully saturated rings. The predicted molar refractivity (Wildman–Crippen MR) is 57.7 cm³/mol. The average Bonchev–Trinajstić information content (AvgIpc) is 2.16. The van der Waals surface area contributed by atoms with Gasteiger partial charge in [0.15, 0.2) is 0 Å². The zero-order chi connectivity index (χ0) is 10.1. The summed E-state index contributed by atoms with van der Waals surface area (Å²) in [5, 5.41) is 0. The van der Waals surface area contributed by atoms with Crippen molar-refractivity contribution < 1.29 is 9.53 Å². The van der Waals surface area contributed by atoms with E-state index in [0.717, 1.165) is 22.2 Å². The number of carbonyl (C=O) groups excluding carboxylic acids is 1. The van der Waals surface area contributed by atoms with Crippen LogP contribution < -0.4 is 4.74 Å². The van der Waals surface area contributed by atoms with E-state index in [2.05, 4.69) is 15.9 Å². The molecule has 1 saturated carbocycles. The lowest BCUT2D eigenvalue weighted by Crippen LogP contribution is -2.23. The molecule has 3 heteroatoms. The molecule has 1 aliphatic rings. The van der Waals surface area contributed by atoms with Crippen LogP contribution in [0, 0.1) is 0 Å². The van der Waals surface area contributed by atoms with Crippen molar-refractivity contribution >= 4 is 21.7 Å². The van der Waals surface area contributed by atoms with E-state index >= 15 is 0 Å². The van der Waals surface area contributed by atoms with E-state index in [1.165, 1.54) is 0 Å². The van der Waals surface area contributed by atoms with Crippen LogP contribution >= 0.6 is 15.9 Å². The Balaban J connectivity index is 2.39. The standard InChI is InChI=1S/C11H11BrO2/c1-14-11-5-2-7(12)6-9(11)8-3-4-10(8)13/h2,5-6,8H,3-4H2,1H3/t8-/m0/s1. The predicted octanol–water partition coefficient (Wildman–Crippen LogP) is 2.90. The number of Topliss-reactive ketones (excluding diaryl/α,β-unsaturated/α-hetero) is 1.